The van der Waals surface area contributed by atoms with E-state index in [0.29, 0.717) is 0 Å². The normalized spacial score (nSPS) is 12.0. The van der Waals surface area contributed by atoms with Crippen LogP contribution in [-0.2, 0) is 0 Å². The van der Waals surface area contributed by atoms with Crippen LogP contribution in [0.25, 0.3) is 0 Å². The van der Waals surface area contributed by atoms with Crippen LogP contribution in [0.3, 0.4) is 0 Å². The fourth-order valence-electron chi connectivity index (χ4n) is 2.59. The van der Waals surface area contributed by atoms with Crippen molar-refractivity contribution in [3.8, 4) is 0 Å². The molecule has 0 aromatic heterocycles. The van der Waals surface area contributed by atoms with Crippen LogP contribution in [0.1, 0.15) is 51.4 Å². The van der Waals surface area contributed by atoms with Gasteiger partial charge in [0.15, 0.2) is 0 Å². The second kappa shape index (κ2) is 5.71. The van der Waals surface area contributed by atoms with Gasteiger partial charge in [-0.2, -0.15) is 0 Å². The monoisotopic (exact) mass is 293 g/mol. The SMILES string of the molecule is CC(C)(C)CC(C)(C)NC(=O)c1ccc(N)c([N+](=O)[O-])c1. The zero-order valence-electron chi connectivity index (χ0n) is 13.2. The minimum atomic E-state index is -0.591. The molecular weight excluding hydrogens is 270 g/mol. The summed E-state index contributed by atoms with van der Waals surface area (Å²) in [4.78, 5) is 22.5. The number of carbonyl (C=O) groups excluding carboxylic acids is 1. The second-order valence-corrected chi connectivity index (χ2v) is 7.11. The van der Waals surface area contributed by atoms with E-state index >= 15 is 0 Å². The number of hydrogen-bond acceptors (Lipinski definition) is 4. The fraction of sp³-hybridized carbons (Fsp3) is 0.533. The van der Waals surface area contributed by atoms with Gasteiger partial charge in [0.2, 0.25) is 0 Å². The zero-order chi connectivity index (χ0) is 16.4. The highest BCUT2D eigenvalue weighted by Gasteiger charge is 2.28. The van der Waals surface area contributed by atoms with E-state index in [-0.39, 0.29) is 28.3 Å². The summed E-state index contributed by atoms with van der Waals surface area (Å²) in [5.74, 6) is -0.340. The number of nitrogens with zero attached hydrogens (tertiary/aromatic N) is 1. The van der Waals surface area contributed by atoms with Crippen molar-refractivity contribution in [1.82, 2.24) is 5.32 Å². The van der Waals surface area contributed by atoms with Gasteiger partial charge in [0, 0.05) is 17.2 Å². The lowest BCUT2D eigenvalue weighted by atomic mass is 9.81. The first-order chi connectivity index (χ1) is 9.41. The average Bonchev–Trinajstić information content (AvgIpc) is 2.24. The Morgan fingerprint density at radius 3 is 2.33 bits per heavy atom. The minimum Gasteiger partial charge on any atom is -0.393 e. The number of nitro benzene ring substituents is 1. The van der Waals surface area contributed by atoms with Crippen LogP contribution in [0.15, 0.2) is 18.2 Å². The largest absolute Gasteiger partial charge is 0.393 e. The van der Waals surface area contributed by atoms with Crippen LogP contribution >= 0.6 is 0 Å². The number of nitro groups is 1. The molecule has 6 nitrogen and oxygen atoms in total. The lowest BCUT2D eigenvalue weighted by molar-refractivity contribution is -0.383. The molecule has 0 saturated heterocycles. The number of nitrogens with two attached hydrogens (primary N) is 1. The van der Waals surface area contributed by atoms with Crippen molar-refractivity contribution in [2.45, 2.75) is 46.6 Å². The molecule has 116 valence electrons. The van der Waals surface area contributed by atoms with Gasteiger partial charge in [-0.15, -0.1) is 0 Å². The maximum atomic E-state index is 12.3. The third-order valence-corrected chi connectivity index (χ3v) is 2.91. The quantitative estimate of drug-likeness (QED) is 0.506. The summed E-state index contributed by atoms with van der Waals surface area (Å²) in [6, 6.07) is 4.08. The average molecular weight is 293 g/mol. The zero-order valence-corrected chi connectivity index (χ0v) is 13.2. The van der Waals surface area contributed by atoms with Gasteiger partial charge in [-0.3, -0.25) is 14.9 Å². The molecule has 0 unspecified atom stereocenters. The first-order valence-corrected chi connectivity index (χ1v) is 6.78. The lowest BCUT2D eigenvalue weighted by Gasteiger charge is -2.33. The Kier molecular flexibility index (Phi) is 4.61. The number of amides is 1. The minimum absolute atomic E-state index is 0.0468. The molecule has 0 atom stereocenters. The molecule has 0 aliphatic heterocycles. The topological polar surface area (TPSA) is 98.3 Å². The molecule has 1 aromatic carbocycles. The number of hydrogen-bond donors (Lipinski definition) is 2. The van der Waals surface area contributed by atoms with E-state index in [9.17, 15) is 14.9 Å². The number of rotatable bonds is 4. The van der Waals surface area contributed by atoms with Crippen LogP contribution in [0.5, 0.6) is 0 Å². The molecular formula is C15H23N3O3. The molecule has 0 fully saturated rings. The van der Waals surface area contributed by atoms with Gasteiger partial charge in [-0.25, -0.2) is 0 Å². The van der Waals surface area contributed by atoms with E-state index < -0.39 is 10.5 Å². The van der Waals surface area contributed by atoms with E-state index in [1.165, 1.54) is 18.2 Å². The Labute approximate surface area is 124 Å². The highest BCUT2D eigenvalue weighted by molar-refractivity contribution is 5.96. The van der Waals surface area contributed by atoms with E-state index in [2.05, 4.69) is 26.1 Å². The standard InChI is InChI=1S/C15H23N3O3/c1-14(2,3)9-15(4,5)17-13(19)10-6-7-11(16)12(8-10)18(20)21/h6-8H,9,16H2,1-5H3,(H,17,19). The first-order valence-electron chi connectivity index (χ1n) is 6.78. The van der Waals surface area contributed by atoms with Crippen LogP contribution < -0.4 is 11.1 Å². The summed E-state index contributed by atoms with van der Waals surface area (Å²) in [5.41, 5.74) is 5.20. The molecule has 0 bridgehead atoms. The molecule has 0 aliphatic carbocycles. The number of anilines is 1. The predicted molar refractivity (Wildman–Crippen MR) is 83.1 cm³/mol. The molecule has 21 heavy (non-hydrogen) atoms. The molecule has 1 rings (SSSR count). The van der Waals surface area contributed by atoms with Crippen LogP contribution in [0.2, 0.25) is 0 Å². The smallest absolute Gasteiger partial charge is 0.292 e. The van der Waals surface area contributed by atoms with Crippen molar-refractivity contribution in [2.75, 3.05) is 5.73 Å². The molecule has 0 aliphatic rings. The van der Waals surface area contributed by atoms with Crippen molar-refractivity contribution in [2.24, 2.45) is 5.41 Å². The highest BCUT2D eigenvalue weighted by Crippen LogP contribution is 2.27. The molecule has 6 heteroatoms. The number of nitrogen functional groups attached to an aromatic ring is 1. The van der Waals surface area contributed by atoms with E-state index in [4.69, 9.17) is 5.73 Å². The molecule has 0 radical (unpaired) electrons. The third-order valence-electron chi connectivity index (χ3n) is 2.91. The Morgan fingerprint density at radius 2 is 1.86 bits per heavy atom. The summed E-state index contributed by atoms with van der Waals surface area (Å²) >= 11 is 0. The molecule has 0 spiro atoms. The number of carbonyl (C=O) groups is 1. The van der Waals surface area contributed by atoms with Gasteiger partial charge in [0.25, 0.3) is 11.6 Å². The Bertz CT molecular complexity index is 560. The highest BCUT2D eigenvalue weighted by atomic mass is 16.6. The predicted octanol–water partition coefficient (Wildman–Crippen LogP) is 3.12. The third kappa shape index (κ3) is 5.06. The molecule has 1 amide bonds. The van der Waals surface area contributed by atoms with E-state index in [0.717, 1.165) is 6.42 Å². The lowest BCUT2D eigenvalue weighted by Crippen LogP contribution is -2.45. The summed E-state index contributed by atoms with van der Waals surface area (Å²) in [7, 11) is 0. The summed E-state index contributed by atoms with van der Waals surface area (Å²) in [6.45, 7) is 10.1. The number of nitrogens with one attached hydrogen (secondary N) is 1. The summed E-state index contributed by atoms with van der Waals surface area (Å²) in [5, 5.41) is 13.8. The van der Waals surface area contributed by atoms with Gasteiger partial charge in [0.1, 0.15) is 5.69 Å². The van der Waals surface area contributed by atoms with Crippen molar-refractivity contribution in [3.05, 3.63) is 33.9 Å². The van der Waals surface area contributed by atoms with E-state index in [1.54, 1.807) is 0 Å². The Hall–Kier alpha value is -2.11. The van der Waals surface area contributed by atoms with Gasteiger partial charge in [-0.05, 0) is 37.8 Å². The number of benzene rings is 1. The van der Waals surface area contributed by atoms with Gasteiger partial charge in [-0.1, -0.05) is 20.8 Å². The summed E-state index contributed by atoms with van der Waals surface area (Å²) < 4.78 is 0. The molecule has 3 N–H and O–H groups in total. The Balaban J connectivity index is 2.95. The molecule has 1 aromatic rings. The molecule has 0 heterocycles. The first kappa shape index (κ1) is 16.9. The molecule has 0 saturated carbocycles. The fourth-order valence-corrected chi connectivity index (χ4v) is 2.59. The maximum Gasteiger partial charge on any atom is 0.292 e. The van der Waals surface area contributed by atoms with Crippen LogP contribution in [0, 0.1) is 15.5 Å². The van der Waals surface area contributed by atoms with Crippen molar-refractivity contribution in [3.63, 3.8) is 0 Å². The van der Waals surface area contributed by atoms with E-state index in [1.807, 2.05) is 13.8 Å². The Morgan fingerprint density at radius 1 is 1.29 bits per heavy atom. The summed E-state index contributed by atoms with van der Waals surface area (Å²) in [6.07, 6.45) is 0.781. The second-order valence-electron chi connectivity index (χ2n) is 7.11. The van der Waals surface area contributed by atoms with Gasteiger partial charge >= 0.3 is 0 Å². The van der Waals surface area contributed by atoms with Gasteiger partial charge < -0.3 is 11.1 Å². The van der Waals surface area contributed by atoms with Crippen LogP contribution in [0.4, 0.5) is 11.4 Å². The van der Waals surface area contributed by atoms with Crippen molar-refractivity contribution < 1.29 is 9.72 Å². The van der Waals surface area contributed by atoms with Crippen LogP contribution in [-0.4, -0.2) is 16.4 Å². The van der Waals surface area contributed by atoms with Crippen molar-refractivity contribution >= 4 is 17.3 Å². The van der Waals surface area contributed by atoms with Gasteiger partial charge in [0.05, 0.1) is 4.92 Å². The van der Waals surface area contributed by atoms with Crippen molar-refractivity contribution in [1.29, 1.82) is 0 Å². The maximum absolute atomic E-state index is 12.3.